The number of alkyl halides is 2. The molecule has 3 nitrogen and oxygen atoms in total. The standard InChI is InChI=1S/C13H17BrF2N2O/c1-19-11-3-2-9(8-10(11)14)12(13(15)16)18-6-4-17-5-7-18/h2-3,8,12-13,17H,4-7H2,1H3/t12-/m1/s1. The summed E-state index contributed by atoms with van der Waals surface area (Å²) >= 11 is 3.35. The summed E-state index contributed by atoms with van der Waals surface area (Å²) in [7, 11) is 1.56. The van der Waals surface area contributed by atoms with Gasteiger partial charge in [0.2, 0.25) is 0 Å². The van der Waals surface area contributed by atoms with Gasteiger partial charge in [-0.25, -0.2) is 8.78 Å². The molecule has 0 bridgehead atoms. The van der Waals surface area contributed by atoms with Crippen molar-refractivity contribution >= 4 is 15.9 Å². The van der Waals surface area contributed by atoms with Crippen LogP contribution in [0.3, 0.4) is 0 Å². The zero-order valence-corrected chi connectivity index (χ0v) is 12.3. The van der Waals surface area contributed by atoms with E-state index in [1.54, 1.807) is 25.3 Å². The molecule has 0 spiro atoms. The van der Waals surface area contributed by atoms with Crippen molar-refractivity contribution < 1.29 is 13.5 Å². The first kappa shape index (κ1) is 14.7. The Morgan fingerprint density at radius 1 is 1.32 bits per heavy atom. The van der Waals surface area contributed by atoms with Crippen LogP contribution in [0.1, 0.15) is 11.6 Å². The zero-order chi connectivity index (χ0) is 13.8. The molecule has 1 aliphatic heterocycles. The number of hydrogen-bond acceptors (Lipinski definition) is 3. The van der Waals surface area contributed by atoms with Gasteiger partial charge in [0.05, 0.1) is 17.6 Å². The Kier molecular flexibility index (Phi) is 5.13. The van der Waals surface area contributed by atoms with E-state index in [9.17, 15) is 8.78 Å². The van der Waals surface area contributed by atoms with Crippen molar-refractivity contribution in [2.45, 2.75) is 12.5 Å². The third kappa shape index (κ3) is 3.43. The van der Waals surface area contributed by atoms with Gasteiger partial charge >= 0.3 is 0 Å². The molecule has 1 atom stereocenters. The van der Waals surface area contributed by atoms with Crippen molar-refractivity contribution in [1.29, 1.82) is 0 Å². The molecule has 0 unspecified atom stereocenters. The first-order valence-electron chi connectivity index (χ1n) is 6.20. The molecule has 1 aromatic carbocycles. The predicted octanol–water partition coefficient (Wildman–Crippen LogP) is 2.67. The summed E-state index contributed by atoms with van der Waals surface area (Å²) in [5, 5.41) is 3.17. The molecule has 6 heteroatoms. The Balaban J connectivity index is 2.25. The fourth-order valence-electron chi connectivity index (χ4n) is 2.34. The molecule has 0 radical (unpaired) electrons. The van der Waals surface area contributed by atoms with Gasteiger partial charge in [-0.2, -0.15) is 0 Å². The van der Waals surface area contributed by atoms with Crippen molar-refractivity contribution in [3.05, 3.63) is 28.2 Å². The third-order valence-electron chi connectivity index (χ3n) is 3.30. The van der Waals surface area contributed by atoms with Gasteiger partial charge in [-0.05, 0) is 33.6 Å². The monoisotopic (exact) mass is 334 g/mol. The van der Waals surface area contributed by atoms with Crippen LogP contribution in [0.25, 0.3) is 0 Å². The first-order valence-corrected chi connectivity index (χ1v) is 6.99. The Hall–Kier alpha value is -0.720. The van der Waals surface area contributed by atoms with E-state index in [4.69, 9.17) is 4.74 Å². The lowest BCUT2D eigenvalue weighted by atomic mass is 10.0. The molecule has 19 heavy (non-hydrogen) atoms. The van der Waals surface area contributed by atoms with Gasteiger partial charge in [-0.15, -0.1) is 0 Å². The topological polar surface area (TPSA) is 24.5 Å². The Bertz CT molecular complexity index is 425. The molecule has 1 fully saturated rings. The number of methoxy groups -OCH3 is 1. The fraction of sp³-hybridized carbons (Fsp3) is 0.538. The second kappa shape index (κ2) is 6.63. The molecule has 0 saturated carbocycles. The number of ether oxygens (including phenoxy) is 1. The number of nitrogens with zero attached hydrogens (tertiary/aromatic N) is 1. The van der Waals surface area contributed by atoms with Gasteiger partial charge in [0.1, 0.15) is 5.75 Å². The van der Waals surface area contributed by atoms with Gasteiger partial charge in [-0.3, -0.25) is 4.90 Å². The van der Waals surface area contributed by atoms with Crippen LogP contribution in [0.2, 0.25) is 0 Å². The summed E-state index contributed by atoms with van der Waals surface area (Å²) in [6.07, 6.45) is -2.40. The molecular formula is C13H17BrF2N2O. The normalized spacial score (nSPS) is 18.6. The van der Waals surface area contributed by atoms with Crippen LogP contribution in [0.5, 0.6) is 5.75 Å². The van der Waals surface area contributed by atoms with E-state index in [1.165, 1.54) is 0 Å². The minimum atomic E-state index is -2.40. The molecule has 0 amide bonds. The Morgan fingerprint density at radius 3 is 2.53 bits per heavy atom. The zero-order valence-electron chi connectivity index (χ0n) is 10.7. The van der Waals surface area contributed by atoms with Crippen LogP contribution in [-0.2, 0) is 0 Å². The highest BCUT2D eigenvalue weighted by atomic mass is 79.9. The lowest BCUT2D eigenvalue weighted by molar-refractivity contribution is 0.0181. The van der Waals surface area contributed by atoms with Crippen LogP contribution in [0.15, 0.2) is 22.7 Å². The minimum Gasteiger partial charge on any atom is -0.496 e. The molecule has 0 aliphatic carbocycles. The second-order valence-corrected chi connectivity index (χ2v) is 5.31. The Morgan fingerprint density at radius 2 is 2.00 bits per heavy atom. The van der Waals surface area contributed by atoms with E-state index < -0.39 is 12.5 Å². The van der Waals surface area contributed by atoms with Crippen molar-refractivity contribution in [3.8, 4) is 5.75 Å². The van der Waals surface area contributed by atoms with Crippen molar-refractivity contribution in [2.24, 2.45) is 0 Å². The molecule has 1 saturated heterocycles. The maximum Gasteiger partial charge on any atom is 0.258 e. The summed E-state index contributed by atoms with van der Waals surface area (Å²) in [5.74, 6) is 0.650. The second-order valence-electron chi connectivity index (χ2n) is 4.46. The van der Waals surface area contributed by atoms with E-state index >= 15 is 0 Å². The van der Waals surface area contributed by atoms with Crippen molar-refractivity contribution in [2.75, 3.05) is 33.3 Å². The van der Waals surface area contributed by atoms with Crippen LogP contribution in [0, 0.1) is 0 Å². The number of benzene rings is 1. The average Bonchev–Trinajstić information content (AvgIpc) is 2.40. The maximum atomic E-state index is 13.4. The predicted molar refractivity (Wildman–Crippen MR) is 73.9 cm³/mol. The van der Waals surface area contributed by atoms with Crippen molar-refractivity contribution in [1.82, 2.24) is 10.2 Å². The van der Waals surface area contributed by atoms with Crippen LogP contribution < -0.4 is 10.1 Å². The maximum absolute atomic E-state index is 13.4. The molecule has 0 aromatic heterocycles. The summed E-state index contributed by atoms with van der Waals surface area (Å²) in [4.78, 5) is 1.83. The van der Waals surface area contributed by atoms with Gasteiger partial charge in [0.25, 0.3) is 6.43 Å². The molecule has 1 heterocycles. The summed E-state index contributed by atoms with van der Waals surface area (Å²) in [6, 6.07) is 4.29. The number of halogens is 3. The van der Waals surface area contributed by atoms with Gasteiger partial charge in [0, 0.05) is 26.2 Å². The van der Waals surface area contributed by atoms with E-state index in [0.29, 0.717) is 28.9 Å². The SMILES string of the molecule is COc1ccc([C@H](C(F)F)N2CCNCC2)cc1Br. The molecular weight excluding hydrogens is 318 g/mol. The van der Waals surface area contributed by atoms with Gasteiger partial charge in [-0.1, -0.05) is 6.07 Å². The Labute approximate surface area is 120 Å². The van der Waals surface area contributed by atoms with Crippen LogP contribution in [0.4, 0.5) is 8.78 Å². The quantitative estimate of drug-likeness (QED) is 0.916. The molecule has 106 valence electrons. The van der Waals surface area contributed by atoms with Crippen LogP contribution in [-0.4, -0.2) is 44.6 Å². The summed E-state index contributed by atoms with van der Waals surface area (Å²) in [5.41, 5.74) is 0.615. The van der Waals surface area contributed by atoms with Crippen LogP contribution >= 0.6 is 15.9 Å². The van der Waals surface area contributed by atoms with E-state index in [-0.39, 0.29) is 0 Å². The number of rotatable bonds is 4. The lowest BCUT2D eigenvalue weighted by Gasteiger charge is -2.34. The number of hydrogen-bond donors (Lipinski definition) is 1. The van der Waals surface area contributed by atoms with Crippen molar-refractivity contribution in [3.63, 3.8) is 0 Å². The number of nitrogens with one attached hydrogen (secondary N) is 1. The molecule has 2 rings (SSSR count). The summed E-state index contributed by atoms with van der Waals surface area (Å²) in [6.45, 7) is 2.78. The fourth-order valence-corrected chi connectivity index (χ4v) is 2.90. The van der Waals surface area contributed by atoms with E-state index in [1.807, 2.05) is 4.90 Å². The summed E-state index contributed by atoms with van der Waals surface area (Å²) < 4.78 is 32.6. The minimum absolute atomic E-state index is 0.615. The third-order valence-corrected chi connectivity index (χ3v) is 3.92. The highest BCUT2D eigenvalue weighted by molar-refractivity contribution is 9.10. The first-order chi connectivity index (χ1) is 9.13. The molecule has 1 N–H and O–H groups in total. The van der Waals surface area contributed by atoms with E-state index in [2.05, 4.69) is 21.2 Å². The largest absolute Gasteiger partial charge is 0.496 e. The highest BCUT2D eigenvalue weighted by Crippen LogP contribution is 2.33. The molecule has 1 aromatic rings. The molecule has 1 aliphatic rings. The van der Waals surface area contributed by atoms with Gasteiger partial charge < -0.3 is 10.1 Å². The van der Waals surface area contributed by atoms with Gasteiger partial charge in [0.15, 0.2) is 0 Å². The lowest BCUT2D eigenvalue weighted by Crippen LogP contribution is -2.46. The smallest absolute Gasteiger partial charge is 0.258 e. The average molecular weight is 335 g/mol. The van der Waals surface area contributed by atoms with E-state index in [0.717, 1.165) is 13.1 Å². The number of piperazine rings is 1. The highest BCUT2D eigenvalue weighted by Gasteiger charge is 2.30.